The molecule has 2 saturated heterocycles. The predicted octanol–water partition coefficient (Wildman–Crippen LogP) is -0.441. The van der Waals surface area contributed by atoms with E-state index in [1.165, 1.54) is 6.42 Å². The molecule has 0 aromatic rings. The summed E-state index contributed by atoms with van der Waals surface area (Å²) < 4.78 is 0. The van der Waals surface area contributed by atoms with Gasteiger partial charge in [-0.05, 0) is 39.4 Å². The minimum Gasteiger partial charge on any atom is -0.351 e. The molecule has 2 heterocycles. The summed E-state index contributed by atoms with van der Waals surface area (Å²) >= 11 is 0. The number of nitrogens with zero attached hydrogens (tertiary/aromatic N) is 1. The van der Waals surface area contributed by atoms with Gasteiger partial charge in [-0.25, -0.2) is 0 Å². The highest BCUT2D eigenvalue weighted by Crippen LogP contribution is 2.09. The molecule has 2 fully saturated rings. The summed E-state index contributed by atoms with van der Waals surface area (Å²) in [5.74, 6) is 0.191. The van der Waals surface area contributed by atoms with Crippen LogP contribution in [0, 0.1) is 0 Å². The quantitative estimate of drug-likeness (QED) is 0.631. The van der Waals surface area contributed by atoms with Crippen molar-refractivity contribution in [1.29, 1.82) is 0 Å². The molecule has 0 aliphatic carbocycles. The van der Waals surface area contributed by atoms with Crippen molar-refractivity contribution in [1.82, 2.24) is 15.5 Å². The smallest absolute Gasteiger partial charge is 0.237 e. The van der Waals surface area contributed by atoms with Crippen LogP contribution in [0.4, 0.5) is 0 Å². The van der Waals surface area contributed by atoms with Gasteiger partial charge in [-0.3, -0.25) is 4.79 Å². The van der Waals surface area contributed by atoms with Crippen LogP contribution in [0.25, 0.3) is 0 Å². The first-order chi connectivity index (χ1) is 6.75. The molecule has 4 heteroatoms. The van der Waals surface area contributed by atoms with E-state index in [1.54, 1.807) is 0 Å². The number of likely N-dealkylation sites (N-methyl/N-ethyl adjacent to an activating group) is 1. The maximum Gasteiger partial charge on any atom is 0.237 e. The largest absolute Gasteiger partial charge is 0.351 e. The summed E-state index contributed by atoms with van der Waals surface area (Å²) in [5.41, 5.74) is 0. The maximum absolute atomic E-state index is 11.6. The van der Waals surface area contributed by atoms with Crippen LogP contribution in [-0.2, 0) is 4.79 Å². The van der Waals surface area contributed by atoms with Crippen molar-refractivity contribution in [3.8, 4) is 0 Å². The first kappa shape index (κ1) is 9.93. The number of hydrogen-bond donors (Lipinski definition) is 2. The lowest BCUT2D eigenvalue weighted by molar-refractivity contribution is -0.125. The van der Waals surface area contributed by atoms with Gasteiger partial charge in [0, 0.05) is 12.6 Å². The summed E-state index contributed by atoms with van der Waals surface area (Å²) in [7, 11) is 2.11. The standard InChI is InChI=1S/C10H19N3O/c1-13-6-2-3-8(7-13)12-10(14)9-4-5-11-9/h8-9,11H,2-7H2,1H3,(H,12,14). The second-order valence-electron chi connectivity index (χ2n) is 4.41. The highest BCUT2D eigenvalue weighted by molar-refractivity contribution is 5.82. The molecule has 2 unspecified atom stereocenters. The summed E-state index contributed by atoms with van der Waals surface area (Å²) in [4.78, 5) is 13.9. The average molecular weight is 197 g/mol. The van der Waals surface area contributed by atoms with Crippen LogP contribution >= 0.6 is 0 Å². The number of piperidine rings is 1. The van der Waals surface area contributed by atoms with Crippen molar-refractivity contribution in [2.45, 2.75) is 31.3 Å². The molecular weight excluding hydrogens is 178 g/mol. The van der Waals surface area contributed by atoms with Gasteiger partial charge in [-0.15, -0.1) is 0 Å². The number of amides is 1. The molecule has 80 valence electrons. The van der Waals surface area contributed by atoms with E-state index in [0.29, 0.717) is 6.04 Å². The highest BCUT2D eigenvalue weighted by Gasteiger charge is 2.27. The fraction of sp³-hybridized carbons (Fsp3) is 0.900. The zero-order valence-electron chi connectivity index (χ0n) is 8.75. The topological polar surface area (TPSA) is 44.4 Å². The van der Waals surface area contributed by atoms with Crippen LogP contribution in [0.5, 0.6) is 0 Å². The van der Waals surface area contributed by atoms with Crippen LogP contribution in [0.15, 0.2) is 0 Å². The van der Waals surface area contributed by atoms with Crippen LogP contribution in [0.2, 0.25) is 0 Å². The Hall–Kier alpha value is -0.610. The fourth-order valence-corrected chi connectivity index (χ4v) is 2.10. The molecule has 0 aromatic heterocycles. The molecule has 0 spiro atoms. The van der Waals surface area contributed by atoms with Gasteiger partial charge in [-0.1, -0.05) is 0 Å². The molecule has 4 nitrogen and oxygen atoms in total. The Morgan fingerprint density at radius 2 is 2.29 bits per heavy atom. The van der Waals surface area contributed by atoms with E-state index in [2.05, 4.69) is 22.6 Å². The third-order valence-corrected chi connectivity index (χ3v) is 3.11. The number of carbonyl (C=O) groups excluding carboxylic acids is 1. The second-order valence-corrected chi connectivity index (χ2v) is 4.41. The van der Waals surface area contributed by atoms with Crippen LogP contribution in [0.1, 0.15) is 19.3 Å². The van der Waals surface area contributed by atoms with Crippen LogP contribution in [-0.4, -0.2) is 49.6 Å². The number of carbonyl (C=O) groups is 1. The van der Waals surface area contributed by atoms with Crippen molar-refractivity contribution < 1.29 is 4.79 Å². The Labute approximate surface area is 85.0 Å². The van der Waals surface area contributed by atoms with Crippen molar-refractivity contribution in [2.75, 3.05) is 26.7 Å². The van der Waals surface area contributed by atoms with Crippen LogP contribution < -0.4 is 10.6 Å². The van der Waals surface area contributed by atoms with Crippen LogP contribution in [0.3, 0.4) is 0 Å². The molecule has 0 radical (unpaired) electrons. The second kappa shape index (κ2) is 4.28. The third kappa shape index (κ3) is 2.25. The van der Waals surface area contributed by atoms with Crippen molar-refractivity contribution in [3.63, 3.8) is 0 Å². The predicted molar refractivity (Wildman–Crippen MR) is 55.1 cm³/mol. The van der Waals surface area contributed by atoms with Gasteiger partial charge >= 0.3 is 0 Å². The fourth-order valence-electron chi connectivity index (χ4n) is 2.10. The van der Waals surface area contributed by atoms with Gasteiger partial charge in [0.05, 0.1) is 6.04 Å². The lowest BCUT2D eigenvalue weighted by atomic mass is 10.0. The highest BCUT2D eigenvalue weighted by atomic mass is 16.2. The summed E-state index contributed by atoms with van der Waals surface area (Å²) in [5, 5.41) is 6.23. The van der Waals surface area contributed by atoms with E-state index in [0.717, 1.165) is 32.5 Å². The Morgan fingerprint density at radius 1 is 1.50 bits per heavy atom. The molecule has 2 aliphatic heterocycles. The van der Waals surface area contributed by atoms with Crippen molar-refractivity contribution in [3.05, 3.63) is 0 Å². The van der Waals surface area contributed by atoms with E-state index in [1.807, 2.05) is 0 Å². The Kier molecular flexibility index (Phi) is 3.03. The first-order valence-electron chi connectivity index (χ1n) is 5.48. The molecule has 0 aromatic carbocycles. The van der Waals surface area contributed by atoms with Gasteiger partial charge in [0.25, 0.3) is 0 Å². The van der Waals surface area contributed by atoms with Crippen molar-refractivity contribution in [2.24, 2.45) is 0 Å². The van der Waals surface area contributed by atoms with Gasteiger partial charge in [-0.2, -0.15) is 0 Å². The molecule has 0 bridgehead atoms. The molecule has 2 atom stereocenters. The first-order valence-corrected chi connectivity index (χ1v) is 5.48. The van der Waals surface area contributed by atoms with E-state index in [-0.39, 0.29) is 11.9 Å². The summed E-state index contributed by atoms with van der Waals surface area (Å²) in [6, 6.07) is 0.450. The molecule has 1 amide bonds. The molecular formula is C10H19N3O. The molecule has 14 heavy (non-hydrogen) atoms. The molecule has 2 aliphatic rings. The van der Waals surface area contributed by atoms with Gasteiger partial charge in [0.2, 0.25) is 5.91 Å². The SMILES string of the molecule is CN1CCCC(NC(=O)C2CCN2)C1. The monoisotopic (exact) mass is 197 g/mol. The normalized spacial score (nSPS) is 33.5. The summed E-state index contributed by atoms with van der Waals surface area (Å²) in [6.45, 7) is 3.15. The van der Waals surface area contributed by atoms with Gasteiger partial charge in [0.15, 0.2) is 0 Å². The maximum atomic E-state index is 11.6. The van der Waals surface area contributed by atoms with Crippen molar-refractivity contribution >= 4 is 5.91 Å². The minimum atomic E-state index is 0.0854. The summed E-state index contributed by atoms with van der Waals surface area (Å²) in [6.07, 6.45) is 3.32. The Morgan fingerprint density at radius 3 is 2.86 bits per heavy atom. The van der Waals surface area contributed by atoms with Gasteiger partial charge < -0.3 is 15.5 Å². The number of likely N-dealkylation sites (tertiary alicyclic amines) is 1. The number of rotatable bonds is 2. The third-order valence-electron chi connectivity index (χ3n) is 3.11. The van der Waals surface area contributed by atoms with E-state index in [4.69, 9.17) is 0 Å². The Balaban J connectivity index is 1.75. The average Bonchev–Trinajstić information content (AvgIpc) is 1.99. The molecule has 0 saturated carbocycles. The number of hydrogen-bond acceptors (Lipinski definition) is 3. The number of nitrogens with one attached hydrogen (secondary N) is 2. The lowest BCUT2D eigenvalue weighted by Gasteiger charge is -2.33. The van der Waals surface area contributed by atoms with Gasteiger partial charge in [0.1, 0.15) is 0 Å². The van der Waals surface area contributed by atoms with E-state index >= 15 is 0 Å². The molecule has 2 rings (SSSR count). The lowest BCUT2D eigenvalue weighted by Crippen LogP contribution is -2.57. The Bertz CT molecular complexity index is 215. The molecule has 2 N–H and O–H groups in total. The van der Waals surface area contributed by atoms with E-state index < -0.39 is 0 Å². The minimum absolute atomic E-state index is 0.0854. The zero-order chi connectivity index (χ0) is 9.97. The zero-order valence-corrected chi connectivity index (χ0v) is 8.75. The van der Waals surface area contributed by atoms with E-state index in [9.17, 15) is 4.79 Å².